The van der Waals surface area contributed by atoms with E-state index in [9.17, 15) is 14.7 Å². The zero-order chi connectivity index (χ0) is 23.5. The van der Waals surface area contributed by atoms with Gasteiger partial charge in [-0.2, -0.15) is 0 Å². The van der Waals surface area contributed by atoms with Crippen LogP contribution >= 0.6 is 0 Å². The van der Waals surface area contributed by atoms with Gasteiger partial charge in [-0.1, -0.05) is 43.9 Å². The summed E-state index contributed by atoms with van der Waals surface area (Å²) < 4.78 is 12.9. The number of fused-ring (bicyclic) bond motifs is 2. The molecular weight excluding hydrogens is 430 g/mol. The first-order chi connectivity index (χ1) is 16.5. The Morgan fingerprint density at radius 1 is 0.941 bits per heavy atom. The summed E-state index contributed by atoms with van der Waals surface area (Å²) in [6, 6.07) is 12.9. The van der Waals surface area contributed by atoms with E-state index in [1.807, 2.05) is 24.3 Å². The van der Waals surface area contributed by atoms with E-state index in [1.165, 1.54) is 0 Å². The molecule has 0 saturated heterocycles. The molecular formula is C28H31NO5. The maximum atomic E-state index is 13.2. The van der Waals surface area contributed by atoms with Crippen LogP contribution in [0.2, 0.25) is 0 Å². The molecule has 178 valence electrons. The highest BCUT2D eigenvalue weighted by atomic mass is 16.6. The van der Waals surface area contributed by atoms with Crippen molar-refractivity contribution in [2.45, 2.75) is 63.5 Å². The van der Waals surface area contributed by atoms with Crippen LogP contribution in [0.5, 0.6) is 11.5 Å². The fourth-order valence-corrected chi connectivity index (χ4v) is 5.19. The average Bonchev–Trinajstić information content (AvgIpc) is 3.08. The summed E-state index contributed by atoms with van der Waals surface area (Å²) >= 11 is 0. The van der Waals surface area contributed by atoms with Crippen LogP contribution in [0, 0.1) is 0 Å². The number of hydrogen-bond acceptors (Lipinski definition) is 5. The maximum Gasteiger partial charge on any atom is 0.258 e. The second-order valence-corrected chi connectivity index (χ2v) is 9.56. The highest BCUT2D eigenvalue weighted by molar-refractivity contribution is 6.07. The third-order valence-electron chi connectivity index (χ3n) is 7.13. The largest absolute Gasteiger partial charge is 0.486 e. The van der Waals surface area contributed by atoms with Gasteiger partial charge in [-0.05, 0) is 54.5 Å². The molecule has 2 aromatic carbocycles. The van der Waals surface area contributed by atoms with Gasteiger partial charge >= 0.3 is 0 Å². The first-order valence-corrected chi connectivity index (χ1v) is 12.3. The van der Waals surface area contributed by atoms with E-state index >= 15 is 0 Å². The molecule has 0 radical (unpaired) electrons. The molecule has 5 rings (SSSR count). The first-order valence-electron chi connectivity index (χ1n) is 12.3. The van der Waals surface area contributed by atoms with Crippen molar-refractivity contribution in [3.63, 3.8) is 0 Å². The summed E-state index contributed by atoms with van der Waals surface area (Å²) in [5.41, 5.74) is 0.616. The first kappa shape index (κ1) is 22.7. The van der Waals surface area contributed by atoms with Crippen molar-refractivity contribution in [1.29, 1.82) is 0 Å². The van der Waals surface area contributed by atoms with Crippen LogP contribution in [-0.2, 0) is 6.54 Å². The molecule has 0 amide bonds. The smallest absolute Gasteiger partial charge is 0.258 e. The number of hydrogen-bond donors (Lipinski definition) is 1. The number of nitrogens with zero attached hydrogens (tertiary/aromatic N) is 1. The van der Waals surface area contributed by atoms with E-state index in [2.05, 4.69) is 0 Å². The summed E-state index contributed by atoms with van der Waals surface area (Å²) in [6.45, 7) is 1.45. The zero-order valence-electron chi connectivity index (χ0n) is 19.4. The van der Waals surface area contributed by atoms with Gasteiger partial charge in [0.15, 0.2) is 17.3 Å². The van der Waals surface area contributed by atoms with E-state index in [0.29, 0.717) is 48.3 Å². The van der Waals surface area contributed by atoms with E-state index in [-0.39, 0.29) is 17.8 Å². The minimum atomic E-state index is -0.743. The highest BCUT2D eigenvalue weighted by Crippen LogP contribution is 2.32. The number of carbonyl (C=O) groups excluding carboxylic acids is 1. The van der Waals surface area contributed by atoms with E-state index in [1.54, 1.807) is 29.0 Å². The molecule has 2 aliphatic rings. The summed E-state index contributed by atoms with van der Waals surface area (Å²) in [5, 5.41) is 12.1. The Bertz CT molecular complexity index is 1250. The predicted octanol–water partition coefficient (Wildman–Crippen LogP) is 4.87. The van der Waals surface area contributed by atoms with Gasteiger partial charge in [0.2, 0.25) is 0 Å². The van der Waals surface area contributed by atoms with Gasteiger partial charge in [0.1, 0.15) is 13.2 Å². The molecule has 1 aliphatic heterocycles. The van der Waals surface area contributed by atoms with Gasteiger partial charge in [-0.3, -0.25) is 9.59 Å². The van der Waals surface area contributed by atoms with E-state index < -0.39 is 5.60 Å². The number of rotatable bonds is 6. The summed E-state index contributed by atoms with van der Waals surface area (Å²) in [6.07, 6.45) is 8.37. The third kappa shape index (κ3) is 4.73. The number of carbonyl (C=O) groups is 1. The lowest BCUT2D eigenvalue weighted by atomic mass is 9.87. The Hall–Kier alpha value is -3.12. The number of aromatic nitrogens is 1. The maximum absolute atomic E-state index is 13.2. The molecule has 2 heterocycles. The van der Waals surface area contributed by atoms with Crippen LogP contribution in [0.25, 0.3) is 10.8 Å². The molecule has 34 heavy (non-hydrogen) atoms. The lowest BCUT2D eigenvalue weighted by molar-refractivity contribution is 0.0148. The SMILES string of the molecule is O=C(CCC1(O)CCCCCC1)c1cccc2c(=O)n(Cc3ccc4c(c3)OCCO4)ccc12. The van der Waals surface area contributed by atoms with Gasteiger partial charge in [0, 0.05) is 23.6 Å². The zero-order valence-corrected chi connectivity index (χ0v) is 19.4. The lowest BCUT2D eigenvalue weighted by Gasteiger charge is -2.26. The highest BCUT2D eigenvalue weighted by Gasteiger charge is 2.28. The molecule has 0 spiro atoms. The topological polar surface area (TPSA) is 77.8 Å². The minimum Gasteiger partial charge on any atom is -0.486 e. The Morgan fingerprint density at radius 3 is 2.50 bits per heavy atom. The molecule has 1 fully saturated rings. The molecule has 1 saturated carbocycles. The quantitative estimate of drug-likeness (QED) is 0.419. The summed E-state index contributed by atoms with van der Waals surface area (Å²) in [4.78, 5) is 26.4. The standard InChI is InChI=1S/C28H31NO5/c30-24(10-14-28(32)12-3-1-2-4-13-28)22-6-5-7-23-21(22)11-15-29(27(23)31)19-20-8-9-25-26(18-20)34-17-16-33-25/h5-9,11,15,18,32H,1-4,10,12-14,16-17,19H2. The van der Waals surface area contributed by atoms with Gasteiger partial charge in [0.25, 0.3) is 5.56 Å². The summed E-state index contributed by atoms with van der Waals surface area (Å²) in [5.74, 6) is 1.39. The molecule has 0 atom stereocenters. The van der Waals surface area contributed by atoms with Crippen molar-refractivity contribution in [3.8, 4) is 11.5 Å². The molecule has 3 aromatic rings. The number of Topliss-reactive ketones (excluding diaryl/α,β-unsaturated/α-hetero) is 1. The van der Waals surface area contributed by atoms with Crippen LogP contribution in [-0.4, -0.2) is 34.3 Å². The number of ketones is 1. The Morgan fingerprint density at radius 2 is 1.71 bits per heavy atom. The molecule has 0 unspecified atom stereocenters. The number of pyridine rings is 1. The molecule has 6 nitrogen and oxygen atoms in total. The minimum absolute atomic E-state index is 0.0211. The second kappa shape index (κ2) is 9.63. The monoisotopic (exact) mass is 461 g/mol. The van der Waals surface area contributed by atoms with Crippen molar-refractivity contribution in [2.24, 2.45) is 0 Å². The van der Waals surface area contributed by atoms with Gasteiger partial charge in [0.05, 0.1) is 12.1 Å². The van der Waals surface area contributed by atoms with Crippen LogP contribution in [0.4, 0.5) is 0 Å². The van der Waals surface area contributed by atoms with Gasteiger partial charge in [-0.15, -0.1) is 0 Å². The van der Waals surface area contributed by atoms with Crippen molar-refractivity contribution in [2.75, 3.05) is 13.2 Å². The fourth-order valence-electron chi connectivity index (χ4n) is 5.19. The number of ether oxygens (including phenoxy) is 2. The Balaban J connectivity index is 1.36. The predicted molar refractivity (Wildman–Crippen MR) is 131 cm³/mol. The molecule has 1 N–H and O–H groups in total. The van der Waals surface area contributed by atoms with Crippen molar-refractivity contribution in [3.05, 3.63) is 70.1 Å². The molecule has 6 heteroatoms. The van der Waals surface area contributed by atoms with Crippen molar-refractivity contribution >= 4 is 16.6 Å². The fraction of sp³-hybridized carbons (Fsp3) is 0.429. The molecule has 0 bridgehead atoms. The second-order valence-electron chi connectivity index (χ2n) is 9.56. The number of aliphatic hydroxyl groups is 1. The third-order valence-corrected chi connectivity index (χ3v) is 7.13. The summed E-state index contributed by atoms with van der Waals surface area (Å²) in [7, 11) is 0. The normalized spacial score (nSPS) is 17.3. The van der Waals surface area contributed by atoms with Gasteiger partial charge in [-0.25, -0.2) is 0 Å². The van der Waals surface area contributed by atoms with Crippen LogP contribution < -0.4 is 15.0 Å². The molecule has 1 aliphatic carbocycles. The van der Waals surface area contributed by atoms with Crippen molar-refractivity contribution in [1.82, 2.24) is 4.57 Å². The lowest BCUT2D eigenvalue weighted by Crippen LogP contribution is -2.28. The van der Waals surface area contributed by atoms with Crippen molar-refractivity contribution < 1.29 is 19.4 Å². The van der Waals surface area contributed by atoms with Crippen LogP contribution in [0.1, 0.15) is 67.3 Å². The Kier molecular flexibility index (Phi) is 6.42. The van der Waals surface area contributed by atoms with Crippen LogP contribution in [0.3, 0.4) is 0 Å². The van der Waals surface area contributed by atoms with Crippen LogP contribution in [0.15, 0.2) is 53.5 Å². The number of benzene rings is 2. The van der Waals surface area contributed by atoms with E-state index in [0.717, 1.165) is 49.8 Å². The molecule has 1 aromatic heterocycles. The van der Waals surface area contributed by atoms with E-state index in [4.69, 9.17) is 9.47 Å². The van der Waals surface area contributed by atoms with Gasteiger partial charge < -0.3 is 19.1 Å². The Labute approximate surface area is 199 Å². The average molecular weight is 462 g/mol.